The Bertz CT molecular complexity index is 873. The van der Waals surface area contributed by atoms with Crippen LogP contribution in [-0.2, 0) is 14.3 Å². The van der Waals surface area contributed by atoms with Crippen molar-refractivity contribution in [2.24, 2.45) is 0 Å². The van der Waals surface area contributed by atoms with Crippen LogP contribution in [0.2, 0.25) is 0 Å². The fourth-order valence-electron chi connectivity index (χ4n) is 4.74. The van der Waals surface area contributed by atoms with Gasteiger partial charge in [-0.3, -0.25) is 9.59 Å². The van der Waals surface area contributed by atoms with Crippen molar-refractivity contribution in [2.45, 2.75) is 110 Å². The number of unbranched alkanes of at least 4 members (excludes halogenated alkanes) is 1. The van der Waals surface area contributed by atoms with Crippen LogP contribution in [0, 0.1) is 13.8 Å². The number of benzene rings is 1. The minimum Gasteiger partial charge on any atom is -0.444 e. The van der Waals surface area contributed by atoms with Crippen LogP contribution in [0.3, 0.4) is 0 Å². The van der Waals surface area contributed by atoms with Gasteiger partial charge in [-0.15, -0.1) is 0 Å². The van der Waals surface area contributed by atoms with Crippen LogP contribution in [0.5, 0.6) is 0 Å². The molecule has 7 nitrogen and oxygen atoms in total. The number of aryl methyl sites for hydroxylation is 2. The molecular formula is C28H45N3O4S. The molecule has 2 N–H and O–H groups in total. The molecule has 0 aromatic heterocycles. The van der Waals surface area contributed by atoms with E-state index in [-0.39, 0.29) is 23.6 Å². The highest BCUT2D eigenvalue weighted by Gasteiger charge is 2.37. The van der Waals surface area contributed by atoms with Gasteiger partial charge in [-0.1, -0.05) is 50.8 Å². The van der Waals surface area contributed by atoms with Crippen molar-refractivity contribution < 1.29 is 19.1 Å². The van der Waals surface area contributed by atoms with Crippen molar-refractivity contribution in [3.8, 4) is 0 Å². The zero-order valence-corrected chi connectivity index (χ0v) is 23.7. The average Bonchev–Trinajstić information content (AvgIpc) is 2.80. The first-order valence-corrected chi connectivity index (χ1v) is 13.9. The molecule has 1 aliphatic rings. The van der Waals surface area contributed by atoms with E-state index in [1.165, 1.54) is 6.42 Å². The molecule has 2 unspecified atom stereocenters. The average molecular weight is 520 g/mol. The van der Waals surface area contributed by atoms with Crippen LogP contribution >= 0.6 is 12.6 Å². The van der Waals surface area contributed by atoms with E-state index in [4.69, 9.17) is 4.74 Å². The molecule has 1 saturated carbocycles. The van der Waals surface area contributed by atoms with Crippen LogP contribution in [0.25, 0.3) is 0 Å². The summed E-state index contributed by atoms with van der Waals surface area (Å²) in [6, 6.07) is 4.30. The molecule has 0 saturated heterocycles. The second kappa shape index (κ2) is 13.9. The fourth-order valence-corrected chi connectivity index (χ4v) is 4.99. The van der Waals surface area contributed by atoms with E-state index in [2.05, 4.69) is 23.3 Å². The third kappa shape index (κ3) is 8.71. The van der Waals surface area contributed by atoms with Crippen molar-refractivity contribution >= 4 is 30.5 Å². The topological polar surface area (TPSA) is 87.7 Å². The molecule has 36 heavy (non-hydrogen) atoms. The summed E-state index contributed by atoms with van der Waals surface area (Å²) in [6.45, 7) is 11.7. The molecule has 2 rings (SSSR count). The van der Waals surface area contributed by atoms with E-state index >= 15 is 0 Å². The quantitative estimate of drug-likeness (QED) is 0.369. The summed E-state index contributed by atoms with van der Waals surface area (Å²) in [6.07, 6.45) is 6.20. The fraction of sp³-hybridized carbons (Fsp3) is 0.679. The highest BCUT2D eigenvalue weighted by molar-refractivity contribution is 7.80. The Hall–Kier alpha value is -2.22. The summed E-state index contributed by atoms with van der Waals surface area (Å²) in [7, 11) is 0. The molecule has 0 bridgehead atoms. The maximum atomic E-state index is 13.9. The van der Waals surface area contributed by atoms with Crippen molar-refractivity contribution in [3.63, 3.8) is 0 Å². The molecule has 0 aliphatic heterocycles. The van der Waals surface area contributed by atoms with E-state index in [1.54, 1.807) is 25.7 Å². The van der Waals surface area contributed by atoms with Crippen LogP contribution in [-0.4, -0.2) is 52.8 Å². The summed E-state index contributed by atoms with van der Waals surface area (Å²) in [4.78, 5) is 42.0. The molecule has 1 aliphatic carbocycles. The lowest BCUT2D eigenvalue weighted by molar-refractivity contribution is -0.142. The first-order valence-electron chi connectivity index (χ1n) is 13.3. The molecule has 3 amide bonds. The zero-order chi connectivity index (χ0) is 26.9. The Labute approximate surface area is 222 Å². The Kier molecular flexibility index (Phi) is 11.6. The summed E-state index contributed by atoms with van der Waals surface area (Å²) < 4.78 is 5.38. The molecule has 1 aromatic carbocycles. The number of amides is 3. The smallest absolute Gasteiger partial charge is 0.408 e. The number of alkyl carbamates (subject to hydrolysis) is 1. The van der Waals surface area contributed by atoms with Gasteiger partial charge in [-0.2, -0.15) is 12.6 Å². The lowest BCUT2D eigenvalue weighted by Gasteiger charge is -2.36. The van der Waals surface area contributed by atoms with Gasteiger partial charge in [0.2, 0.25) is 11.8 Å². The number of rotatable bonds is 10. The van der Waals surface area contributed by atoms with Gasteiger partial charge in [0.1, 0.15) is 17.7 Å². The maximum Gasteiger partial charge on any atom is 0.408 e. The Morgan fingerprint density at radius 3 is 2.25 bits per heavy atom. The molecular weight excluding hydrogens is 474 g/mol. The molecule has 0 heterocycles. The van der Waals surface area contributed by atoms with E-state index in [1.807, 2.05) is 39.0 Å². The van der Waals surface area contributed by atoms with Gasteiger partial charge in [-0.05, 0) is 70.6 Å². The van der Waals surface area contributed by atoms with E-state index < -0.39 is 23.8 Å². The Morgan fingerprint density at radius 2 is 1.72 bits per heavy atom. The molecule has 202 valence electrons. The molecule has 8 heteroatoms. The first kappa shape index (κ1) is 30.0. The Morgan fingerprint density at radius 1 is 1.11 bits per heavy atom. The number of hydrogen-bond donors (Lipinski definition) is 3. The monoisotopic (exact) mass is 519 g/mol. The van der Waals surface area contributed by atoms with Gasteiger partial charge in [-0.25, -0.2) is 4.79 Å². The lowest BCUT2D eigenvalue weighted by Crippen LogP contribution is -2.55. The SMILES string of the molecule is CCCCN(C(=O)C(CS)NC(=O)OC(C)(C)C)C(C(=O)NC1CCCCC1)c1c(C)cccc1C. The third-order valence-corrected chi connectivity index (χ3v) is 6.90. The number of hydrogen-bond acceptors (Lipinski definition) is 5. The highest BCUT2D eigenvalue weighted by Crippen LogP contribution is 2.30. The van der Waals surface area contributed by atoms with Gasteiger partial charge in [0.25, 0.3) is 0 Å². The number of carbonyl (C=O) groups is 3. The van der Waals surface area contributed by atoms with E-state index in [0.717, 1.165) is 55.2 Å². The van der Waals surface area contributed by atoms with E-state index in [0.29, 0.717) is 6.54 Å². The molecule has 1 aromatic rings. The second-order valence-corrected chi connectivity index (χ2v) is 11.2. The summed E-state index contributed by atoms with van der Waals surface area (Å²) in [5.74, 6) is -0.417. The zero-order valence-electron chi connectivity index (χ0n) is 22.9. The van der Waals surface area contributed by atoms with Crippen molar-refractivity contribution in [3.05, 3.63) is 34.9 Å². The second-order valence-electron chi connectivity index (χ2n) is 10.8. The Balaban J connectivity index is 2.45. The molecule has 1 fully saturated rings. The van der Waals surface area contributed by atoms with Crippen molar-refractivity contribution in [1.82, 2.24) is 15.5 Å². The number of nitrogens with one attached hydrogen (secondary N) is 2. The van der Waals surface area contributed by atoms with Crippen molar-refractivity contribution in [1.29, 1.82) is 0 Å². The first-order chi connectivity index (χ1) is 17.0. The largest absolute Gasteiger partial charge is 0.444 e. The van der Waals surface area contributed by atoms with Gasteiger partial charge >= 0.3 is 6.09 Å². The van der Waals surface area contributed by atoms with Crippen LogP contribution < -0.4 is 10.6 Å². The van der Waals surface area contributed by atoms with Crippen molar-refractivity contribution in [2.75, 3.05) is 12.3 Å². The highest BCUT2D eigenvalue weighted by atomic mass is 32.1. The normalized spacial score (nSPS) is 16.1. The summed E-state index contributed by atoms with van der Waals surface area (Å²) in [5, 5.41) is 5.92. The minimum absolute atomic E-state index is 0.0877. The summed E-state index contributed by atoms with van der Waals surface area (Å²) >= 11 is 4.36. The number of nitrogens with zero attached hydrogens (tertiary/aromatic N) is 1. The van der Waals surface area contributed by atoms with Crippen LogP contribution in [0.15, 0.2) is 18.2 Å². The molecule has 2 atom stereocenters. The van der Waals surface area contributed by atoms with Crippen LogP contribution in [0.1, 0.15) is 95.4 Å². The summed E-state index contributed by atoms with van der Waals surface area (Å²) in [5.41, 5.74) is 2.05. The standard InChI is InChI=1S/C28H45N3O4S/c1-7-8-17-31(26(33)22(18-36)30-27(34)35-28(4,5)6)24(23-19(2)13-12-14-20(23)3)25(32)29-21-15-10-9-11-16-21/h12-14,21-22,24,36H,7-11,15-18H2,1-6H3,(H,29,32)(H,30,34). The van der Waals surface area contributed by atoms with E-state index in [9.17, 15) is 14.4 Å². The predicted molar refractivity (Wildman–Crippen MR) is 147 cm³/mol. The van der Waals surface area contributed by atoms with Gasteiger partial charge in [0.15, 0.2) is 0 Å². The molecule has 0 radical (unpaired) electrons. The number of ether oxygens (including phenoxy) is 1. The number of thiol groups is 1. The van der Waals surface area contributed by atoms with Gasteiger partial charge in [0, 0.05) is 18.3 Å². The third-order valence-electron chi connectivity index (χ3n) is 6.53. The van der Waals surface area contributed by atoms with Crippen LogP contribution in [0.4, 0.5) is 4.79 Å². The van der Waals surface area contributed by atoms with Gasteiger partial charge < -0.3 is 20.3 Å². The minimum atomic E-state index is -0.922. The maximum absolute atomic E-state index is 13.9. The number of carbonyl (C=O) groups excluding carboxylic acids is 3. The predicted octanol–water partition coefficient (Wildman–Crippen LogP) is 5.25. The lowest BCUT2D eigenvalue weighted by atomic mass is 9.91. The van der Waals surface area contributed by atoms with Gasteiger partial charge in [0.05, 0.1) is 0 Å². The molecule has 0 spiro atoms.